The first-order chi connectivity index (χ1) is 14.4. The topological polar surface area (TPSA) is 109 Å². The number of Topliss-reactive ketones (excluding diaryl/α,β-unsaturated/α-hetero) is 1. The third kappa shape index (κ3) is 4.87. The van der Waals surface area contributed by atoms with E-state index in [0.717, 1.165) is 5.56 Å². The molecule has 7 heteroatoms. The number of nitrogens with one attached hydrogen (secondary N) is 1. The van der Waals surface area contributed by atoms with E-state index in [-0.39, 0.29) is 17.3 Å². The molecule has 0 amide bonds. The molecule has 156 valence electrons. The summed E-state index contributed by atoms with van der Waals surface area (Å²) in [5, 5.41) is 22.8. The van der Waals surface area contributed by atoms with Gasteiger partial charge in [0.2, 0.25) is 11.2 Å². The summed E-state index contributed by atoms with van der Waals surface area (Å²) in [6.45, 7) is 1.95. The van der Waals surface area contributed by atoms with Crippen molar-refractivity contribution >= 4 is 5.78 Å². The molecule has 1 aromatic heterocycles. The Hall–Kier alpha value is -3.58. The van der Waals surface area contributed by atoms with E-state index in [0.29, 0.717) is 30.0 Å². The number of ketones is 1. The van der Waals surface area contributed by atoms with Gasteiger partial charge in [0.1, 0.15) is 23.3 Å². The maximum Gasteiger partial charge on any atom is 0.227 e. The van der Waals surface area contributed by atoms with Gasteiger partial charge in [0.05, 0.1) is 7.11 Å². The minimum atomic E-state index is -1.05. The van der Waals surface area contributed by atoms with Gasteiger partial charge < -0.3 is 24.7 Å². The number of phenols is 1. The SMILES string of the molecule is COc1ccc(C(=O)C(NCCc2ccc(O)cc2)c2oc(C)cc(=O)c2O)cc1. The number of aromatic hydroxyl groups is 2. The Morgan fingerprint density at radius 2 is 1.77 bits per heavy atom. The van der Waals surface area contributed by atoms with Crippen LogP contribution in [-0.2, 0) is 6.42 Å². The van der Waals surface area contributed by atoms with Crippen LogP contribution >= 0.6 is 0 Å². The monoisotopic (exact) mass is 409 g/mol. The first-order valence-electron chi connectivity index (χ1n) is 9.42. The van der Waals surface area contributed by atoms with Gasteiger partial charge in [-0.3, -0.25) is 9.59 Å². The van der Waals surface area contributed by atoms with Gasteiger partial charge in [-0.15, -0.1) is 0 Å². The van der Waals surface area contributed by atoms with Crippen molar-refractivity contribution in [2.45, 2.75) is 19.4 Å². The van der Waals surface area contributed by atoms with Crippen molar-refractivity contribution < 1.29 is 24.2 Å². The summed E-state index contributed by atoms with van der Waals surface area (Å²) in [7, 11) is 1.53. The zero-order chi connectivity index (χ0) is 21.7. The number of ether oxygens (including phenoxy) is 1. The molecule has 1 heterocycles. The van der Waals surface area contributed by atoms with Crippen LogP contribution in [0.5, 0.6) is 17.2 Å². The predicted molar refractivity (Wildman–Crippen MR) is 111 cm³/mol. The number of carbonyl (C=O) groups excluding carboxylic acids is 1. The molecular formula is C23H23NO6. The lowest BCUT2D eigenvalue weighted by molar-refractivity contribution is 0.0926. The van der Waals surface area contributed by atoms with Crippen molar-refractivity contribution in [3.05, 3.63) is 87.5 Å². The van der Waals surface area contributed by atoms with Crippen molar-refractivity contribution in [2.75, 3.05) is 13.7 Å². The van der Waals surface area contributed by atoms with Crippen LogP contribution in [0.3, 0.4) is 0 Å². The number of aryl methyl sites for hydroxylation is 1. The second-order valence-corrected chi connectivity index (χ2v) is 6.83. The molecule has 0 saturated carbocycles. The van der Waals surface area contributed by atoms with Crippen molar-refractivity contribution in [1.82, 2.24) is 5.32 Å². The summed E-state index contributed by atoms with van der Waals surface area (Å²) >= 11 is 0. The van der Waals surface area contributed by atoms with E-state index in [2.05, 4.69) is 5.32 Å². The molecular weight excluding hydrogens is 386 g/mol. The normalized spacial score (nSPS) is 11.8. The summed E-state index contributed by atoms with van der Waals surface area (Å²) in [6, 6.07) is 13.4. The number of methoxy groups -OCH3 is 1. The third-order valence-corrected chi connectivity index (χ3v) is 4.67. The van der Waals surface area contributed by atoms with Gasteiger partial charge in [-0.2, -0.15) is 0 Å². The number of phenolic OH excluding ortho intramolecular Hbond substituents is 1. The molecule has 2 aromatic carbocycles. The van der Waals surface area contributed by atoms with E-state index in [4.69, 9.17) is 9.15 Å². The Bertz CT molecular complexity index is 1070. The van der Waals surface area contributed by atoms with Crippen LogP contribution in [0.25, 0.3) is 0 Å². The Labute approximate surface area is 173 Å². The maximum absolute atomic E-state index is 13.2. The largest absolute Gasteiger partial charge is 0.508 e. The zero-order valence-corrected chi connectivity index (χ0v) is 16.7. The van der Waals surface area contributed by atoms with Crippen molar-refractivity contribution in [2.24, 2.45) is 0 Å². The first kappa shape index (κ1) is 21.1. The minimum absolute atomic E-state index is 0.119. The van der Waals surface area contributed by atoms with Gasteiger partial charge in [-0.25, -0.2) is 0 Å². The molecule has 0 bridgehead atoms. The molecule has 3 aromatic rings. The van der Waals surface area contributed by atoms with E-state index in [9.17, 15) is 19.8 Å². The quantitative estimate of drug-likeness (QED) is 0.491. The van der Waals surface area contributed by atoms with Crippen LogP contribution in [-0.4, -0.2) is 29.7 Å². The van der Waals surface area contributed by atoms with Gasteiger partial charge in [0, 0.05) is 18.2 Å². The van der Waals surface area contributed by atoms with Gasteiger partial charge in [0.15, 0.2) is 11.5 Å². The predicted octanol–water partition coefficient (Wildman–Crippen LogP) is 3.12. The summed E-state index contributed by atoms with van der Waals surface area (Å²) in [6.07, 6.45) is 0.559. The van der Waals surface area contributed by atoms with Crippen LogP contribution in [0.4, 0.5) is 0 Å². The Balaban J connectivity index is 1.88. The molecule has 1 unspecified atom stereocenters. The Morgan fingerprint density at radius 3 is 2.40 bits per heavy atom. The molecule has 0 fully saturated rings. The molecule has 0 aliphatic carbocycles. The lowest BCUT2D eigenvalue weighted by atomic mass is 10.0. The molecule has 7 nitrogen and oxygen atoms in total. The van der Waals surface area contributed by atoms with Crippen molar-refractivity contribution in [3.8, 4) is 17.2 Å². The molecule has 3 N–H and O–H groups in total. The van der Waals surface area contributed by atoms with Gasteiger partial charge in [-0.05, 0) is 55.3 Å². The van der Waals surface area contributed by atoms with Crippen LogP contribution in [0, 0.1) is 6.92 Å². The summed E-state index contributed by atoms with van der Waals surface area (Å²) in [5.74, 6) is 0.00301. The summed E-state index contributed by atoms with van der Waals surface area (Å²) in [4.78, 5) is 25.2. The fraction of sp³-hybridized carbons (Fsp3) is 0.217. The zero-order valence-electron chi connectivity index (χ0n) is 16.7. The van der Waals surface area contributed by atoms with Crippen molar-refractivity contribution in [1.29, 1.82) is 0 Å². The highest BCUT2D eigenvalue weighted by Gasteiger charge is 2.28. The lowest BCUT2D eigenvalue weighted by Gasteiger charge is -2.18. The Morgan fingerprint density at radius 1 is 1.10 bits per heavy atom. The molecule has 30 heavy (non-hydrogen) atoms. The summed E-state index contributed by atoms with van der Waals surface area (Å²) < 4.78 is 10.7. The fourth-order valence-electron chi connectivity index (χ4n) is 3.07. The van der Waals surface area contributed by atoms with E-state index >= 15 is 0 Å². The van der Waals surface area contributed by atoms with Crippen LogP contribution in [0.1, 0.15) is 33.5 Å². The molecule has 0 spiro atoms. The van der Waals surface area contributed by atoms with Crippen LogP contribution < -0.4 is 15.5 Å². The standard InChI is InChI=1S/C23H23NO6/c1-14-13-19(26)22(28)23(30-14)20(21(27)16-5-9-18(29-2)10-6-16)24-12-11-15-3-7-17(25)8-4-15/h3-10,13,20,24-25,28H,11-12H2,1-2H3. The third-order valence-electron chi connectivity index (χ3n) is 4.67. The smallest absolute Gasteiger partial charge is 0.227 e. The van der Waals surface area contributed by atoms with E-state index in [1.807, 2.05) is 0 Å². The number of hydrogen-bond donors (Lipinski definition) is 3. The van der Waals surface area contributed by atoms with E-state index in [1.54, 1.807) is 55.5 Å². The highest BCUT2D eigenvalue weighted by molar-refractivity contribution is 6.00. The number of rotatable bonds is 8. The number of hydrogen-bond acceptors (Lipinski definition) is 7. The second-order valence-electron chi connectivity index (χ2n) is 6.83. The molecule has 1 atom stereocenters. The lowest BCUT2D eigenvalue weighted by Crippen LogP contribution is -2.31. The molecule has 0 radical (unpaired) electrons. The van der Waals surface area contributed by atoms with E-state index in [1.165, 1.54) is 13.2 Å². The van der Waals surface area contributed by atoms with Crippen molar-refractivity contribution in [3.63, 3.8) is 0 Å². The Kier molecular flexibility index (Phi) is 6.54. The minimum Gasteiger partial charge on any atom is -0.508 e. The van der Waals surface area contributed by atoms with Crippen LogP contribution in [0.15, 0.2) is 63.8 Å². The average molecular weight is 409 g/mol. The van der Waals surface area contributed by atoms with Gasteiger partial charge in [-0.1, -0.05) is 12.1 Å². The fourth-order valence-corrected chi connectivity index (χ4v) is 3.07. The second kappa shape index (κ2) is 9.28. The number of carbonyl (C=O) groups is 1. The van der Waals surface area contributed by atoms with Gasteiger partial charge >= 0.3 is 0 Å². The van der Waals surface area contributed by atoms with Gasteiger partial charge in [0.25, 0.3) is 0 Å². The number of benzene rings is 2. The van der Waals surface area contributed by atoms with Crippen LogP contribution in [0.2, 0.25) is 0 Å². The first-order valence-corrected chi connectivity index (χ1v) is 9.42. The molecule has 0 aliphatic heterocycles. The molecule has 3 rings (SSSR count). The maximum atomic E-state index is 13.2. The highest BCUT2D eigenvalue weighted by atomic mass is 16.5. The molecule has 0 aliphatic rings. The molecule has 0 saturated heterocycles. The average Bonchev–Trinajstić information content (AvgIpc) is 2.75. The van der Waals surface area contributed by atoms with E-state index < -0.39 is 17.2 Å². The summed E-state index contributed by atoms with van der Waals surface area (Å²) in [5.41, 5.74) is 0.717. The highest BCUT2D eigenvalue weighted by Crippen LogP contribution is 2.26.